The van der Waals surface area contributed by atoms with Gasteiger partial charge in [-0.25, -0.2) is 9.97 Å². The molecule has 1 aromatic heterocycles. The average molecular weight is 248 g/mol. The molecule has 1 saturated carbocycles. The minimum absolute atomic E-state index is 0.826. The number of aromatic nitrogens is 2. The minimum atomic E-state index is 0.826. The van der Waals surface area contributed by atoms with Crippen molar-refractivity contribution in [3.8, 4) is 0 Å². The largest absolute Gasteiger partial charge is 0.373 e. The molecular weight excluding hydrogens is 224 g/mol. The minimum Gasteiger partial charge on any atom is -0.373 e. The topological polar surface area (TPSA) is 49.8 Å². The summed E-state index contributed by atoms with van der Waals surface area (Å²) in [5.41, 5.74) is 1.12. The van der Waals surface area contributed by atoms with Crippen LogP contribution in [-0.2, 0) is 6.42 Å². The summed E-state index contributed by atoms with van der Waals surface area (Å²) in [5, 5.41) is 6.64. The van der Waals surface area contributed by atoms with E-state index >= 15 is 0 Å². The maximum atomic E-state index is 4.63. The Morgan fingerprint density at radius 1 is 1.28 bits per heavy atom. The molecule has 100 valence electrons. The van der Waals surface area contributed by atoms with Gasteiger partial charge in [-0.2, -0.15) is 0 Å². The van der Waals surface area contributed by atoms with E-state index in [1.54, 1.807) is 0 Å². The lowest BCUT2D eigenvalue weighted by molar-refractivity contribution is 0.777. The molecule has 0 bridgehead atoms. The van der Waals surface area contributed by atoms with Crippen molar-refractivity contribution >= 4 is 11.6 Å². The third kappa shape index (κ3) is 2.92. The Morgan fingerprint density at radius 3 is 2.50 bits per heavy atom. The Labute approximate surface area is 110 Å². The zero-order valence-electron chi connectivity index (χ0n) is 11.9. The van der Waals surface area contributed by atoms with Crippen LogP contribution in [0.4, 0.5) is 11.6 Å². The van der Waals surface area contributed by atoms with E-state index in [-0.39, 0.29) is 0 Å². The highest BCUT2D eigenvalue weighted by Crippen LogP contribution is 2.37. The van der Waals surface area contributed by atoms with E-state index in [1.807, 2.05) is 7.05 Å². The number of nitrogens with one attached hydrogen (secondary N) is 2. The Bertz CT molecular complexity index is 417. The van der Waals surface area contributed by atoms with Crippen molar-refractivity contribution in [2.75, 3.05) is 24.2 Å². The number of nitrogens with zero attached hydrogens (tertiary/aromatic N) is 2. The highest BCUT2D eigenvalue weighted by Gasteiger charge is 2.32. The van der Waals surface area contributed by atoms with E-state index < -0.39 is 0 Å². The van der Waals surface area contributed by atoms with Crippen LogP contribution < -0.4 is 10.6 Å². The normalized spacial score (nSPS) is 21.8. The quantitative estimate of drug-likeness (QED) is 0.813. The van der Waals surface area contributed by atoms with Crippen LogP contribution in [0.2, 0.25) is 0 Å². The number of rotatable bonds is 6. The van der Waals surface area contributed by atoms with E-state index in [2.05, 4.69) is 41.4 Å². The molecule has 18 heavy (non-hydrogen) atoms. The summed E-state index contributed by atoms with van der Waals surface area (Å²) in [4.78, 5) is 9.17. The molecule has 1 fully saturated rings. The summed E-state index contributed by atoms with van der Waals surface area (Å²) in [5.74, 6) is 4.57. The SMILES string of the molecule is CCCc1nc(NC)c(C)c(NCC2CC2C)n1. The maximum Gasteiger partial charge on any atom is 0.134 e. The van der Waals surface area contributed by atoms with E-state index in [0.29, 0.717) is 0 Å². The summed E-state index contributed by atoms with van der Waals surface area (Å²) < 4.78 is 0. The predicted molar refractivity (Wildman–Crippen MR) is 76.1 cm³/mol. The van der Waals surface area contributed by atoms with Crippen molar-refractivity contribution in [3.05, 3.63) is 11.4 Å². The van der Waals surface area contributed by atoms with Gasteiger partial charge in [0.1, 0.15) is 17.5 Å². The summed E-state index contributed by atoms with van der Waals surface area (Å²) in [7, 11) is 1.91. The third-order valence-corrected chi connectivity index (χ3v) is 3.71. The first-order valence-corrected chi connectivity index (χ1v) is 6.94. The molecule has 2 N–H and O–H groups in total. The molecule has 1 aromatic rings. The van der Waals surface area contributed by atoms with E-state index in [1.165, 1.54) is 6.42 Å². The van der Waals surface area contributed by atoms with Crippen LogP contribution >= 0.6 is 0 Å². The molecule has 0 saturated heterocycles. The second-order valence-corrected chi connectivity index (χ2v) is 5.32. The highest BCUT2D eigenvalue weighted by atomic mass is 15.1. The Kier molecular flexibility index (Phi) is 4.04. The lowest BCUT2D eigenvalue weighted by Crippen LogP contribution is -2.12. The van der Waals surface area contributed by atoms with Crippen molar-refractivity contribution in [1.82, 2.24) is 9.97 Å². The fraction of sp³-hybridized carbons (Fsp3) is 0.714. The molecule has 2 rings (SSSR count). The molecule has 1 aliphatic rings. The average Bonchev–Trinajstić information content (AvgIpc) is 3.06. The van der Waals surface area contributed by atoms with Crippen molar-refractivity contribution in [2.45, 2.75) is 40.0 Å². The zero-order valence-corrected chi connectivity index (χ0v) is 11.9. The second-order valence-electron chi connectivity index (χ2n) is 5.32. The third-order valence-electron chi connectivity index (χ3n) is 3.71. The summed E-state index contributed by atoms with van der Waals surface area (Å²) >= 11 is 0. The van der Waals surface area contributed by atoms with Crippen LogP contribution in [0.15, 0.2) is 0 Å². The van der Waals surface area contributed by atoms with Crippen LogP contribution in [-0.4, -0.2) is 23.6 Å². The number of anilines is 2. The van der Waals surface area contributed by atoms with Crippen LogP contribution in [0.3, 0.4) is 0 Å². The molecule has 0 aliphatic heterocycles. The van der Waals surface area contributed by atoms with Gasteiger partial charge in [0.05, 0.1) is 0 Å². The van der Waals surface area contributed by atoms with Gasteiger partial charge in [-0.1, -0.05) is 13.8 Å². The zero-order chi connectivity index (χ0) is 13.1. The molecule has 2 unspecified atom stereocenters. The first-order chi connectivity index (χ1) is 8.65. The first-order valence-electron chi connectivity index (χ1n) is 6.94. The lowest BCUT2D eigenvalue weighted by atomic mass is 10.2. The smallest absolute Gasteiger partial charge is 0.134 e. The van der Waals surface area contributed by atoms with Crippen LogP contribution in [0.25, 0.3) is 0 Å². The van der Waals surface area contributed by atoms with E-state index in [0.717, 1.165) is 54.2 Å². The van der Waals surface area contributed by atoms with Crippen molar-refractivity contribution < 1.29 is 0 Å². The van der Waals surface area contributed by atoms with E-state index in [4.69, 9.17) is 0 Å². The number of aryl methyl sites for hydroxylation is 1. The van der Waals surface area contributed by atoms with Gasteiger partial charge in [0.2, 0.25) is 0 Å². The molecule has 4 heteroatoms. The molecule has 1 heterocycles. The predicted octanol–water partition coefficient (Wildman–Crippen LogP) is 2.85. The number of hydrogen-bond acceptors (Lipinski definition) is 4. The molecule has 0 aromatic carbocycles. The molecule has 0 amide bonds. The summed E-state index contributed by atoms with van der Waals surface area (Å²) in [6.07, 6.45) is 3.35. The van der Waals surface area contributed by atoms with Gasteiger partial charge in [0.25, 0.3) is 0 Å². The van der Waals surface area contributed by atoms with Gasteiger partial charge in [-0.05, 0) is 31.6 Å². The van der Waals surface area contributed by atoms with Gasteiger partial charge in [-0.3, -0.25) is 0 Å². The first kappa shape index (κ1) is 13.1. The van der Waals surface area contributed by atoms with Gasteiger partial charge >= 0.3 is 0 Å². The van der Waals surface area contributed by atoms with Crippen molar-refractivity contribution in [1.29, 1.82) is 0 Å². The Hall–Kier alpha value is -1.32. The molecule has 4 nitrogen and oxygen atoms in total. The van der Waals surface area contributed by atoms with Crippen LogP contribution in [0.1, 0.15) is 38.1 Å². The molecular formula is C14H24N4. The van der Waals surface area contributed by atoms with Gasteiger partial charge in [0, 0.05) is 25.6 Å². The van der Waals surface area contributed by atoms with Crippen LogP contribution in [0.5, 0.6) is 0 Å². The fourth-order valence-electron chi connectivity index (χ4n) is 2.23. The van der Waals surface area contributed by atoms with Gasteiger partial charge < -0.3 is 10.6 Å². The summed E-state index contributed by atoms with van der Waals surface area (Å²) in [6.45, 7) is 7.57. The molecule has 1 aliphatic carbocycles. The standard InChI is InChI=1S/C14H24N4/c1-5-6-12-17-13(15-4)10(3)14(18-12)16-8-11-7-9(11)2/h9,11H,5-8H2,1-4H3,(H2,15,16,17,18). The maximum absolute atomic E-state index is 4.63. The van der Waals surface area contributed by atoms with E-state index in [9.17, 15) is 0 Å². The van der Waals surface area contributed by atoms with Gasteiger partial charge in [-0.15, -0.1) is 0 Å². The molecule has 0 spiro atoms. The second kappa shape index (κ2) is 5.55. The van der Waals surface area contributed by atoms with Crippen LogP contribution in [0, 0.1) is 18.8 Å². The highest BCUT2D eigenvalue weighted by molar-refractivity contribution is 5.57. The lowest BCUT2D eigenvalue weighted by Gasteiger charge is -2.13. The Balaban J connectivity index is 2.12. The molecule has 2 atom stereocenters. The van der Waals surface area contributed by atoms with Crippen molar-refractivity contribution in [3.63, 3.8) is 0 Å². The number of hydrogen-bond donors (Lipinski definition) is 2. The monoisotopic (exact) mass is 248 g/mol. The Morgan fingerprint density at radius 2 is 1.94 bits per heavy atom. The fourth-order valence-corrected chi connectivity index (χ4v) is 2.23. The molecule has 0 radical (unpaired) electrons. The summed E-state index contributed by atoms with van der Waals surface area (Å²) in [6, 6.07) is 0. The van der Waals surface area contributed by atoms with Crippen molar-refractivity contribution in [2.24, 2.45) is 11.8 Å². The van der Waals surface area contributed by atoms with Gasteiger partial charge in [0.15, 0.2) is 0 Å².